The fourth-order valence-electron chi connectivity index (χ4n) is 2.29. The molecule has 0 fully saturated rings. The molecule has 0 bridgehead atoms. The Morgan fingerprint density at radius 1 is 1.29 bits per heavy atom. The molecule has 0 aliphatic carbocycles. The molecule has 10 heteroatoms. The number of rotatable bonds is 3. The van der Waals surface area contributed by atoms with Gasteiger partial charge in [-0.05, 0) is 28.0 Å². The van der Waals surface area contributed by atoms with Crippen LogP contribution < -0.4 is 10.5 Å². The molecular weight excluding hydrogens is 349 g/mol. The summed E-state index contributed by atoms with van der Waals surface area (Å²) in [5, 5.41) is 7.26. The zero-order chi connectivity index (χ0) is 17.5. The van der Waals surface area contributed by atoms with E-state index in [2.05, 4.69) is 19.9 Å². The summed E-state index contributed by atoms with van der Waals surface area (Å²) in [5.74, 6) is -0.285. The molecule has 0 amide bonds. The van der Waals surface area contributed by atoms with Crippen LogP contribution in [0.5, 0.6) is 5.75 Å². The van der Waals surface area contributed by atoms with Gasteiger partial charge in [0, 0.05) is 12.0 Å². The Kier molecular flexibility index (Phi) is 3.96. The van der Waals surface area contributed by atoms with E-state index in [0.717, 1.165) is 6.07 Å². The average Bonchev–Trinajstić information content (AvgIpc) is 2.98. The van der Waals surface area contributed by atoms with Crippen LogP contribution in [0.25, 0.3) is 11.2 Å². The second kappa shape index (κ2) is 5.82. The summed E-state index contributed by atoms with van der Waals surface area (Å²) in [7, 11) is 1.17. The minimum absolute atomic E-state index is 0.0783. The molecule has 0 spiro atoms. The van der Waals surface area contributed by atoms with Gasteiger partial charge >= 0.3 is 6.18 Å². The van der Waals surface area contributed by atoms with Crippen LogP contribution in [-0.2, 0) is 12.6 Å². The van der Waals surface area contributed by atoms with E-state index in [0.29, 0.717) is 11.1 Å². The fraction of sp³-hybridized carbons (Fsp3) is 0.214. The number of ether oxygens (including phenoxy) is 1. The summed E-state index contributed by atoms with van der Waals surface area (Å²) in [4.78, 5) is 4.00. The number of nitrogen functional groups attached to an aromatic ring is 1. The van der Waals surface area contributed by atoms with Gasteiger partial charge in [0.05, 0.1) is 18.4 Å². The Balaban J connectivity index is 2.03. The molecule has 0 atom stereocenters. The molecule has 6 nitrogen and oxygen atoms in total. The van der Waals surface area contributed by atoms with Crippen molar-refractivity contribution in [3.63, 3.8) is 0 Å². The van der Waals surface area contributed by atoms with Crippen LogP contribution >= 0.6 is 11.6 Å². The van der Waals surface area contributed by atoms with E-state index in [1.54, 1.807) is 0 Å². The Labute approximate surface area is 138 Å². The predicted molar refractivity (Wildman–Crippen MR) is 79.8 cm³/mol. The second-order valence-corrected chi connectivity index (χ2v) is 5.30. The molecule has 0 aliphatic rings. The predicted octanol–water partition coefficient (Wildman–Crippen LogP) is 3.47. The van der Waals surface area contributed by atoms with Gasteiger partial charge in [-0.3, -0.25) is 0 Å². The number of benzene rings is 1. The van der Waals surface area contributed by atoms with Gasteiger partial charge in [0.1, 0.15) is 10.9 Å². The van der Waals surface area contributed by atoms with Crippen LogP contribution in [0.2, 0.25) is 5.15 Å². The number of fused-ring (bicyclic) bond motifs is 1. The maximum Gasteiger partial charge on any atom is 0.419 e. The number of hydrogen-bond acceptors (Lipinski definition) is 6. The van der Waals surface area contributed by atoms with Crippen molar-refractivity contribution < 1.29 is 22.5 Å². The van der Waals surface area contributed by atoms with Crippen molar-refractivity contribution in [1.29, 1.82) is 0 Å². The van der Waals surface area contributed by atoms with E-state index in [-0.39, 0.29) is 34.2 Å². The minimum atomic E-state index is -4.51. The molecule has 0 radical (unpaired) electrons. The Morgan fingerprint density at radius 2 is 2.04 bits per heavy atom. The maximum atomic E-state index is 12.9. The first-order chi connectivity index (χ1) is 11.3. The first-order valence-corrected chi connectivity index (χ1v) is 6.99. The van der Waals surface area contributed by atoms with E-state index in [1.807, 2.05) is 0 Å². The smallest absolute Gasteiger partial charge is 0.419 e. The number of alkyl halides is 3. The normalized spacial score (nSPS) is 11.9. The molecule has 0 unspecified atom stereocenters. The second-order valence-electron chi connectivity index (χ2n) is 4.94. The van der Waals surface area contributed by atoms with Crippen LogP contribution in [0.4, 0.5) is 18.9 Å². The Bertz CT molecular complexity index is 911. The zero-order valence-corrected chi connectivity index (χ0v) is 12.9. The highest BCUT2D eigenvalue weighted by molar-refractivity contribution is 6.31. The number of methoxy groups -OCH3 is 1. The lowest BCUT2D eigenvalue weighted by Gasteiger charge is -2.14. The molecule has 0 saturated heterocycles. The number of nitrogens with two attached hydrogens (primary N) is 1. The van der Waals surface area contributed by atoms with Crippen LogP contribution in [0.3, 0.4) is 0 Å². The topological polar surface area (TPSA) is 87.1 Å². The van der Waals surface area contributed by atoms with E-state index in [9.17, 15) is 13.2 Å². The summed E-state index contributed by atoms with van der Waals surface area (Å²) in [6.07, 6.45) is -4.36. The molecule has 0 aliphatic heterocycles. The number of halogens is 4. The molecule has 24 heavy (non-hydrogen) atoms. The van der Waals surface area contributed by atoms with Crippen LogP contribution in [0.15, 0.2) is 22.8 Å². The van der Waals surface area contributed by atoms with E-state index in [4.69, 9.17) is 22.1 Å². The van der Waals surface area contributed by atoms with Crippen LogP contribution in [0, 0.1) is 0 Å². The summed E-state index contributed by atoms with van der Waals surface area (Å²) in [5.41, 5.74) is 6.68. The maximum absolute atomic E-state index is 12.9. The van der Waals surface area contributed by atoms with Crippen molar-refractivity contribution in [3.8, 4) is 5.75 Å². The number of hydrogen-bond donors (Lipinski definition) is 1. The molecule has 126 valence electrons. The van der Waals surface area contributed by atoms with E-state index < -0.39 is 11.7 Å². The molecule has 2 aromatic heterocycles. The van der Waals surface area contributed by atoms with E-state index in [1.165, 1.54) is 19.2 Å². The van der Waals surface area contributed by atoms with Gasteiger partial charge in [-0.1, -0.05) is 17.7 Å². The number of anilines is 1. The number of pyridine rings is 1. The molecule has 1 aromatic carbocycles. The van der Waals surface area contributed by atoms with Gasteiger partial charge in [-0.15, -0.1) is 0 Å². The quantitative estimate of drug-likeness (QED) is 0.721. The number of aromatic nitrogens is 3. The third-order valence-corrected chi connectivity index (χ3v) is 3.77. The molecule has 0 saturated carbocycles. The third kappa shape index (κ3) is 2.82. The molecule has 3 aromatic rings. The van der Waals surface area contributed by atoms with Crippen molar-refractivity contribution in [2.24, 2.45) is 0 Å². The number of nitrogens with zero attached hydrogens (tertiary/aromatic N) is 3. The van der Waals surface area contributed by atoms with Crippen molar-refractivity contribution in [1.82, 2.24) is 15.3 Å². The molecule has 3 rings (SSSR count). The standard InChI is InChI=1S/C14H10ClF3N4O2/c1-23-9-5-6(2-3-8(9)14(16,17)18)4-7-10(19)11-13(20-12(7)15)22-24-21-11/h2-3,5H,4,19H2,1H3. The average molecular weight is 359 g/mol. The SMILES string of the molecule is COc1cc(Cc2c(Cl)nc3nonc3c2N)ccc1C(F)(F)F. The Morgan fingerprint density at radius 3 is 2.71 bits per heavy atom. The van der Waals surface area contributed by atoms with Gasteiger partial charge in [0.15, 0.2) is 5.52 Å². The van der Waals surface area contributed by atoms with Gasteiger partial charge in [-0.2, -0.15) is 13.2 Å². The molecular formula is C14H10ClF3N4O2. The lowest BCUT2D eigenvalue weighted by Crippen LogP contribution is -2.08. The summed E-state index contributed by atoms with van der Waals surface area (Å²) in [6.45, 7) is 0. The van der Waals surface area contributed by atoms with Gasteiger partial charge < -0.3 is 10.5 Å². The first-order valence-electron chi connectivity index (χ1n) is 6.61. The Hall–Kier alpha value is -2.55. The van der Waals surface area contributed by atoms with Crippen LogP contribution in [0.1, 0.15) is 16.7 Å². The summed E-state index contributed by atoms with van der Waals surface area (Å²) < 4.78 is 48.1. The largest absolute Gasteiger partial charge is 0.496 e. The molecule has 2 N–H and O–H groups in total. The summed E-state index contributed by atoms with van der Waals surface area (Å²) >= 11 is 6.08. The summed E-state index contributed by atoms with van der Waals surface area (Å²) in [6, 6.07) is 3.55. The third-order valence-electron chi connectivity index (χ3n) is 3.46. The van der Waals surface area contributed by atoms with Crippen LogP contribution in [-0.4, -0.2) is 22.4 Å². The highest BCUT2D eigenvalue weighted by atomic mass is 35.5. The van der Waals surface area contributed by atoms with Crippen molar-refractivity contribution >= 4 is 28.5 Å². The monoisotopic (exact) mass is 358 g/mol. The highest BCUT2D eigenvalue weighted by Crippen LogP contribution is 2.37. The fourth-order valence-corrected chi connectivity index (χ4v) is 2.54. The first kappa shape index (κ1) is 16.3. The molecule has 2 heterocycles. The highest BCUT2D eigenvalue weighted by Gasteiger charge is 2.34. The van der Waals surface area contributed by atoms with Gasteiger partial charge in [0.25, 0.3) is 0 Å². The minimum Gasteiger partial charge on any atom is -0.496 e. The van der Waals surface area contributed by atoms with Crippen molar-refractivity contribution in [3.05, 3.63) is 40.0 Å². The lowest BCUT2D eigenvalue weighted by molar-refractivity contribution is -0.138. The van der Waals surface area contributed by atoms with Crippen molar-refractivity contribution in [2.45, 2.75) is 12.6 Å². The van der Waals surface area contributed by atoms with Crippen molar-refractivity contribution in [2.75, 3.05) is 12.8 Å². The van der Waals surface area contributed by atoms with Gasteiger partial charge in [0.2, 0.25) is 5.65 Å². The van der Waals surface area contributed by atoms with E-state index >= 15 is 0 Å². The van der Waals surface area contributed by atoms with Gasteiger partial charge in [-0.25, -0.2) is 9.61 Å². The lowest BCUT2D eigenvalue weighted by atomic mass is 10.0. The zero-order valence-electron chi connectivity index (χ0n) is 12.2.